The lowest BCUT2D eigenvalue weighted by atomic mass is 9.96. The lowest BCUT2D eigenvalue weighted by Crippen LogP contribution is -2.32. The first-order valence-corrected chi connectivity index (χ1v) is 7.83. The third-order valence-corrected chi connectivity index (χ3v) is 4.93. The molecule has 4 unspecified atom stereocenters. The molecule has 1 aliphatic heterocycles. The van der Waals surface area contributed by atoms with E-state index in [-0.39, 0.29) is 24.0 Å². The number of aliphatic hydroxyl groups excluding tert-OH is 1. The zero-order valence-electron chi connectivity index (χ0n) is 12.6. The summed E-state index contributed by atoms with van der Waals surface area (Å²) < 4.78 is 5.85. The van der Waals surface area contributed by atoms with Crippen LogP contribution in [0, 0.1) is 5.92 Å². The van der Waals surface area contributed by atoms with Crippen molar-refractivity contribution in [1.29, 1.82) is 0 Å². The monoisotopic (exact) mass is 289 g/mol. The molecule has 1 saturated carbocycles. The van der Waals surface area contributed by atoms with E-state index in [1.807, 2.05) is 25.1 Å². The maximum atomic E-state index is 12.4. The number of ether oxygens (including phenoxy) is 1. The van der Waals surface area contributed by atoms with Crippen LogP contribution in [0.1, 0.15) is 54.9 Å². The van der Waals surface area contributed by atoms with Crippen LogP contribution in [0.25, 0.3) is 0 Å². The first-order valence-electron chi connectivity index (χ1n) is 7.83. The second-order valence-electron chi connectivity index (χ2n) is 6.30. The van der Waals surface area contributed by atoms with Gasteiger partial charge in [0.1, 0.15) is 11.9 Å². The highest BCUT2D eigenvalue weighted by molar-refractivity contribution is 5.97. The molecule has 1 heterocycles. The second kappa shape index (κ2) is 5.68. The van der Waals surface area contributed by atoms with E-state index in [2.05, 4.69) is 12.2 Å². The van der Waals surface area contributed by atoms with Gasteiger partial charge in [0.05, 0.1) is 11.7 Å². The quantitative estimate of drug-likeness (QED) is 0.898. The molecule has 1 aromatic carbocycles. The number of amides is 1. The summed E-state index contributed by atoms with van der Waals surface area (Å²) in [5, 5.41) is 12.8. The number of aliphatic hydroxyl groups is 1. The van der Waals surface area contributed by atoms with Crippen LogP contribution >= 0.6 is 0 Å². The van der Waals surface area contributed by atoms with Gasteiger partial charge in [-0.05, 0) is 25.8 Å². The Kier molecular flexibility index (Phi) is 3.89. The van der Waals surface area contributed by atoms with Crippen molar-refractivity contribution in [3.63, 3.8) is 0 Å². The Bertz CT molecular complexity index is 543. The van der Waals surface area contributed by atoms with E-state index in [1.165, 1.54) is 0 Å². The fourth-order valence-corrected chi connectivity index (χ4v) is 3.34. The Morgan fingerprint density at radius 3 is 2.90 bits per heavy atom. The minimum Gasteiger partial charge on any atom is -0.489 e. The lowest BCUT2D eigenvalue weighted by Gasteiger charge is -2.16. The molecule has 21 heavy (non-hydrogen) atoms. The molecule has 0 aromatic heterocycles. The number of benzene rings is 1. The van der Waals surface area contributed by atoms with Crippen LogP contribution in [0.15, 0.2) is 18.2 Å². The minimum absolute atomic E-state index is 0.102. The van der Waals surface area contributed by atoms with E-state index >= 15 is 0 Å². The Labute approximate surface area is 125 Å². The van der Waals surface area contributed by atoms with E-state index in [0.29, 0.717) is 18.0 Å². The molecule has 1 aromatic rings. The zero-order chi connectivity index (χ0) is 15.0. The largest absolute Gasteiger partial charge is 0.489 e. The summed E-state index contributed by atoms with van der Waals surface area (Å²) in [7, 11) is 0. The highest BCUT2D eigenvalue weighted by Crippen LogP contribution is 2.40. The molecule has 4 heteroatoms. The van der Waals surface area contributed by atoms with Crippen molar-refractivity contribution < 1.29 is 14.6 Å². The number of nitrogens with one attached hydrogen (secondary N) is 1. The molecule has 0 saturated heterocycles. The Morgan fingerprint density at radius 2 is 2.19 bits per heavy atom. The SMILES string of the molecule is CC1Oc2c(C(=O)NCC3CCCC3O)cccc2C1C. The van der Waals surface area contributed by atoms with Crippen LogP contribution in [0.5, 0.6) is 5.75 Å². The molecule has 0 radical (unpaired) electrons. The van der Waals surface area contributed by atoms with E-state index in [4.69, 9.17) is 4.74 Å². The smallest absolute Gasteiger partial charge is 0.255 e. The van der Waals surface area contributed by atoms with Gasteiger partial charge in [-0.2, -0.15) is 0 Å². The predicted octanol–water partition coefficient (Wildman–Crippen LogP) is 2.46. The van der Waals surface area contributed by atoms with Gasteiger partial charge < -0.3 is 15.2 Å². The van der Waals surface area contributed by atoms with E-state index < -0.39 is 0 Å². The summed E-state index contributed by atoms with van der Waals surface area (Å²) in [6, 6.07) is 5.75. The van der Waals surface area contributed by atoms with Gasteiger partial charge in [0.15, 0.2) is 0 Å². The van der Waals surface area contributed by atoms with Gasteiger partial charge in [-0.15, -0.1) is 0 Å². The normalized spacial score (nSPS) is 30.8. The number of rotatable bonds is 3. The van der Waals surface area contributed by atoms with Gasteiger partial charge in [0, 0.05) is 23.9 Å². The van der Waals surface area contributed by atoms with Crippen LogP contribution in [-0.4, -0.2) is 29.8 Å². The molecular formula is C17H23NO3. The van der Waals surface area contributed by atoms with Gasteiger partial charge >= 0.3 is 0 Å². The van der Waals surface area contributed by atoms with E-state index in [1.54, 1.807) is 0 Å². The molecule has 4 atom stereocenters. The van der Waals surface area contributed by atoms with Gasteiger partial charge in [-0.25, -0.2) is 0 Å². The molecule has 4 nitrogen and oxygen atoms in total. The summed E-state index contributed by atoms with van der Waals surface area (Å²) >= 11 is 0. The van der Waals surface area contributed by atoms with Crippen molar-refractivity contribution in [1.82, 2.24) is 5.32 Å². The predicted molar refractivity (Wildman–Crippen MR) is 80.6 cm³/mol. The Balaban J connectivity index is 1.71. The van der Waals surface area contributed by atoms with Crippen molar-refractivity contribution >= 4 is 5.91 Å². The van der Waals surface area contributed by atoms with Crippen molar-refractivity contribution in [3.05, 3.63) is 29.3 Å². The summed E-state index contributed by atoms with van der Waals surface area (Å²) in [6.45, 7) is 4.68. The molecule has 114 valence electrons. The van der Waals surface area contributed by atoms with E-state index in [9.17, 15) is 9.90 Å². The fourth-order valence-electron chi connectivity index (χ4n) is 3.34. The molecule has 3 rings (SSSR count). The third kappa shape index (κ3) is 2.64. The second-order valence-corrected chi connectivity index (χ2v) is 6.30. The Hall–Kier alpha value is -1.55. The lowest BCUT2D eigenvalue weighted by molar-refractivity contribution is 0.0912. The molecule has 1 aliphatic carbocycles. The summed E-state index contributed by atoms with van der Waals surface area (Å²) in [5.74, 6) is 1.11. The number of para-hydroxylation sites is 1. The van der Waals surface area contributed by atoms with Crippen LogP contribution in [0.3, 0.4) is 0 Å². The van der Waals surface area contributed by atoms with Gasteiger partial charge in [0.25, 0.3) is 5.91 Å². The number of carbonyl (C=O) groups excluding carboxylic acids is 1. The van der Waals surface area contributed by atoms with Crippen LogP contribution in [0.2, 0.25) is 0 Å². The standard InChI is InChI=1S/C17H23NO3/c1-10-11(2)21-16-13(10)6-4-7-14(16)17(20)18-9-12-5-3-8-15(12)19/h4,6-7,10-12,15,19H,3,5,8-9H2,1-2H3,(H,18,20). The summed E-state index contributed by atoms with van der Waals surface area (Å²) in [4.78, 5) is 12.4. The first-order chi connectivity index (χ1) is 10.1. The number of hydrogen-bond acceptors (Lipinski definition) is 3. The third-order valence-electron chi connectivity index (χ3n) is 4.93. The van der Waals surface area contributed by atoms with Crippen LogP contribution in [-0.2, 0) is 0 Å². The summed E-state index contributed by atoms with van der Waals surface area (Å²) in [6.07, 6.45) is 2.70. The van der Waals surface area contributed by atoms with Crippen LogP contribution in [0.4, 0.5) is 0 Å². The summed E-state index contributed by atoms with van der Waals surface area (Å²) in [5.41, 5.74) is 1.72. The molecule has 0 spiro atoms. The van der Waals surface area contributed by atoms with Crippen molar-refractivity contribution in [2.24, 2.45) is 5.92 Å². The van der Waals surface area contributed by atoms with Gasteiger partial charge in [-0.1, -0.05) is 25.5 Å². The van der Waals surface area contributed by atoms with Gasteiger partial charge in [-0.3, -0.25) is 4.79 Å². The average molecular weight is 289 g/mol. The molecule has 1 amide bonds. The number of fused-ring (bicyclic) bond motifs is 1. The van der Waals surface area contributed by atoms with Crippen molar-refractivity contribution in [3.8, 4) is 5.75 Å². The molecule has 2 N–H and O–H groups in total. The molecular weight excluding hydrogens is 266 g/mol. The van der Waals surface area contributed by atoms with Crippen molar-refractivity contribution in [2.75, 3.05) is 6.54 Å². The fraction of sp³-hybridized carbons (Fsp3) is 0.588. The maximum Gasteiger partial charge on any atom is 0.255 e. The van der Waals surface area contributed by atoms with Crippen molar-refractivity contribution in [2.45, 2.75) is 51.2 Å². The number of carbonyl (C=O) groups is 1. The van der Waals surface area contributed by atoms with Crippen LogP contribution < -0.4 is 10.1 Å². The van der Waals surface area contributed by atoms with Gasteiger partial charge in [0.2, 0.25) is 0 Å². The number of hydrogen-bond donors (Lipinski definition) is 2. The topological polar surface area (TPSA) is 58.6 Å². The zero-order valence-corrected chi connectivity index (χ0v) is 12.6. The van der Waals surface area contributed by atoms with E-state index in [0.717, 1.165) is 30.6 Å². The highest BCUT2D eigenvalue weighted by Gasteiger charge is 2.31. The maximum absolute atomic E-state index is 12.4. The molecule has 1 fully saturated rings. The highest BCUT2D eigenvalue weighted by atomic mass is 16.5. The average Bonchev–Trinajstić information content (AvgIpc) is 3.01. The first kappa shape index (κ1) is 14.4. The molecule has 2 aliphatic rings. The minimum atomic E-state index is -0.275. The Morgan fingerprint density at radius 1 is 1.38 bits per heavy atom. The molecule has 0 bridgehead atoms.